The molecule has 19 heavy (non-hydrogen) atoms. The third-order valence-corrected chi connectivity index (χ3v) is 3.56. The van der Waals surface area contributed by atoms with Crippen LogP contribution < -0.4 is 15.4 Å². The van der Waals surface area contributed by atoms with E-state index in [0.29, 0.717) is 12.3 Å². The fraction of sp³-hybridized carbons (Fsp3) is 0.429. The Labute approximate surface area is 111 Å². The second-order valence-corrected chi connectivity index (χ2v) is 5.16. The van der Waals surface area contributed by atoms with Crippen LogP contribution in [0.15, 0.2) is 18.2 Å². The van der Waals surface area contributed by atoms with Gasteiger partial charge in [-0.05, 0) is 30.5 Å². The lowest BCUT2D eigenvalue weighted by molar-refractivity contribution is -0.118. The highest BCUT2D eigenvalue weighted by Gasteiger charge is 2.42. The number of nitrogens with one attached hydrogen (secondary N) is 2. The van der Waals surface area contributed by atoms with Crippen molar-refractivity contribution in [2.45, 2.75) is 19.4 Å². The fourth-order valence-corrected chi connectivity index (χ4v) is 2.17. The number of fused-ring (bicyclic) bond motifs is 1. The zero-order valence-corrected chi connectivity index (χ0v) is 10.5. The molecule has 5 nitrogen and oxygen atoms in total. The van der Waals surface area contributed by atoms with Gasteiger partial charge in [0.1, 0.15) is 5.75 Å². The molecule has 0 unspecified atom stereocenters. The SMILES string of the molecule is N#CC1(CNCc2ccc3c(c2)NC(=O)CO3)CC1. The number of hydrogen-bond acceptors (Lipinski definition) is 4. The van der Waals surface area contributed by atoms with E-state index in [-0.39, 0.29) is 17.9 Å². The van der Waals surface area contributed by atoms with E-state index in [1.807, 2.05) is 18.2 Å². The summed E-state index contributed by atoms with van der Waals surface area (Å²) in [6.45, 7) is 1.49. The molecule has 1 aromatic carbocycles. The van der Waals surface area contributed by atoms with Gasteiger partial charge in [-0.15, -0.1) is 0 Å². The molecule has 98 valence electrons. The van der Waals surface area contributed by atoms with Crippen LogP contribution in [0, 0.1) is 16.7 Å². The second-order valence-electron chi connectivity index (χ2n) is 5.16. The average molecular weight is 257 g/mol. The number of amides is 1. The Bertz CT molecular complexity index is 558. The molecule has 1 aliphatic heterocycles. The highest BCUT2D eigenvalue weighted by molar-refractivity contribution is 5.95. The van der Waals surface area contributed by atoms with Gasteiger partial charge in [0.2, 0.25) is 0 Å². The third kappa shape index (κ3) is 2.54. The number of carbonyl (C=O) groups is 1. The first-order valence-electron chi connectivity index (χ1n) is 6.38. The number of carbonyl (C=O) groups excluding carboxylic acids is 1. The average Bonchev–Trinajstić information content (AvgIpc) is 3.19. The Hall–Kier alpha value is -2.06. The van der Waals surface area contributed by atoms with Crippen molar-refractivity contribution in [3.05, 3.63) is 23.8 Å². The monoisotopic (exact) mass is 257 g/mol. The summed E-state index contributed by atoms with van der Waals surface area (Å²) >= 11 is 0. The summed E-state index contributed by atoms with van der Waals surface area (Å²) < 4.78 is 5.30. The van der Waals surface area contributed by atoms with Gasteiger partial charge in [-0.1, -0.05) is 6.07 Å². The minimum Gasteiger partial charge on any atom is -0.482 e. The summed E-state index contributed by atoms with van der Waals surface area (Å²) in [5.74, 6) is 0.582. The van der Waals surface area contributed by atoms with Gasteiger partial charge >= 0.3 is 0 Å². The van der Waals surface area contributed by atoms with Crippen molar-refractivity contribution in [1.29, 1.82) is 5.26 Å². The van der Waals surface area contributed by atoms with Crippen molar-refractivity contribution in [3.63, 3.8) is 0 Å². The number of ether oxygens (including phenoxy) is 1. The van der Waals surface area contributed by atoms with Crippen molar-refractivity contribution in [2.24, 2.45) is 5.41 Å². The number of nitrogens with zero attached hydrogens (tertiary/aromatic N) is 1. The molecule has 1 aliphatic carbocycles. The van der Waals surface area contributed by atoms with Gasteiger partial charge < -0.3 is 15.4 Å². The summed E-state index contributed by atoms with van der Waals surface area (Å²) in [6, 6.07) is 8.09. The number of benzene rings is 1. The number of nitriles is 1. The minimum atomic E-state index is -0.133. The van der Waals surface area contributed by atoms with Crippen LogP contribution >= 0.6 is 0 Å². The highest BCUT2D eigenvalue weighted by Crippen LogP contribution is 2.44. The van der Waals surface area contributed by atoms with Crippen molar-refractivity contribution in [1.82, 2.24) is 5.32 Å². The van der Waals surface area contributed by atoms with Gasteiger partial charge in [0, 0.05) is 13.1 Å². The van der Waals surface area contributed by atoms with Crippen LogP contribution in [-0.2, 0) is 11.3 Å². The van der Waals surface area contributed by atoms with Crippen molar-refractivity contribution < 1.29 is 9.53 Å². The van der Waals surface area contributed by atoms with Gasteiger partial charge in [-0.2, -0.15) is 5.26 Å². The predicted molar refractivity (Wildman–Crippen MR) is 69.6 cm³/mol. The molecule has 0 atom stereocenters. The van der Waals surface area contributed by atoms with Crippen LogP contribution in [0.3, 0.4) is 0 Å². The van der Waals surface area contributed by atoms with Gasteiger partial charge in [0.15, 0.2) is 6.61 Å². The number of anilines is 1. The van der Waals surface area contributed by atoms with E-state index in [0.717, 1.165) is 30.6 Å². The molecule has 0 radical (unpaired) electrons. The molecular formula is C14H15N3O2. The fourth-order valence-electron chi connectivity index (χ4n) is 2.17. The Morgan fingerprint density at radius 1 is 1.47 bits per heavy atom. The third-order valence-electron chi connectivity index (χ3n) is 3.56. The number of hydrogen-bond donors (Lipinski definition) is 2. The molecule has 1 amide bonds. The van der Waals surface area contributed by atoms with E-state index in [9.17, 15) is 4.79 Å². The second kappa shape index (κ2) is 4.56. The maximum Gasteiger partial charge on any atom is 0.262 e. The van der Waals surface area contributed by atoms with Crippen LogP contribution in [0.4, 0.5) is 5.69 Å². The Morgan fingerprint density at radius 3 is 3.05 bits per heavy atom. The lowest BCUT2D eigenvalue weighted by atomic mass is 10.1. The van der Waals surface area contributed by atoms with Crippen LogP contribution in [-0.4, -0.2) is 19.1 Å². The molecule has 1 heterocycles. The smallest absolute Gasteiger partial charge is 0.262 e. The maximum atomic E-state index is 11.2. The summed E-state index contributed by atoms with van der Waals surface area (Å²) in [7, 11) is 0. The molecular weight excluding hydrogens is 242 g/mol. The zero-order chi connectivity index (χ0) is 13.3. The van der Waals surface area contributed by atoms with Crippen molar-refractivity contribution in [2.75, 3.05) is 18.5 Å². The molecule has 1 aromatic rings. The summed E-state index contributed by atoms with van der Waals surface area (Å²) in [6.07, 6.45) is 1.98. The van der Waals surface area contributed by atoms with E-state index >= 15 is 0 Å². The van der Waals surface area contributed by atoms with Gasteiger partial charge in [-0.25, -0.2) is 0 Å². The van der Waals surface area contributed by atoms with E-state index < -0.39 is 0 Å². The van der Waals surface area contributed by atoms with Crippen LogP contribution in [0.2, 0.25) is 0 Å². The lowest BCUT2D eigenvalue weighted by Gasteiger charge is -2.18. The highest BCUT2D eigenvalue weighted by atomic mass is 16.5. The van der Waals surface area contributed by atoms with E-state index in [1.54, 1.807) is 0 Å². The summed E-state index contributed by atoms with van der Waals surface area (Å²) in [4.78, 5) is 11.2. The van der Waals surface area contributed by atoms with Crippen molar-refractivity contribution >= 4 is 11.6 Å². The Morgan fingerprint density at radius 2 is 2.32 bits per heavy atom. The first-order valence-corrected chi connectivity index (χ1v) is 6.38. The largest absolute Gasteiger partial charge is 0.482 e. The standard InChI is InChI=1S/C14H15N3O2/c15-8-14(3-4-14)9-16-6-10-1-2-12-11(5-10)17-13(18)7-19-12/h1-2,5,16H,3-4,6-7,9H2,(H,17,18). The molecule has 3 rings (SSSR count). The topological polar surface area (TPSA) is 74.2 Å². The first kappa shape index (κ1) is 12.0. The molecule has 0 spiro atoms. The molecule has 0 bridgehead atoms. The molecule has 0 aromatic heterocycles. The first-order chi connectivity index (χ1) is 9.21. The van der Waals surface area contributed by atoms with Crippen LogP contribution in [0.25, 0.3) is 0 Å². The quantitative estimate of drug-likeness (QED) is 0.855. The summed E-state index contributed by atoms with van der Waals surface area (Å²) in [5.41, 5.74) is 1.65. The van der Waals surface area contributed by atoms with Gasteiger partial charge in [0.05, 0.1) is 17.2 Å². The van der Waals surface area contributed by atoms with E-state index in [1.165, 1.54) is 0 Å². The molecule has 1 fully saturated rings. The maximum absolute atomic E-state index is 11.2. The number of rotatable bonds is 4. The van der Waals surface area contributed by atoms with Crippen LogP contribution in [0.5, 0.6) is 5.75 Å². The van der Waals surface area contributed by atoms with E-state index in [4.69, 9.17) is 10.00 Å². The Kier molecular flexibility index (Phi) is 2.88. The normalized spacial score (nSPS) is 18.8. The lowest BCUT2D eigenvalue weighted by Crippen LogP contribution is -2.26. The van der Waals surface area contributed by atoms with Gasteiger partial charge in [0.25, 0.3) is 5.91 Å². The summed E-state index contributed by atoms with van der Waals surface area (Å²) in [5, 5.41) is 15.1. The zero-order valence-electron chi connectivity index (χ0n) is 10.5. The molecule has 1 saturated carbocycles. The Balaban J connectivity index is 1.61. The van der Waals surface area contributed by atoms with Gasteiger partial charge in [-0.3, -0.25) is 4.79 Å². The molecule has 2 N–H and O–H groups in total. The van der Waals surface area contributed by atoms with E-state index in [2.05, 4.69) is 16.7 Å². The van der Waals surface area contributed by atoms with Crippen LogP contribution in [0.1, 0.15) is 18.4 Å². The molecule has 5 heteroatoms. The molecule has 0 saturated heterocycles. The minimum absolute atomic E-state index is 0.0787. The predicted octanol–water partition coefficient (Wildman–Crippen LogP) is 1.41. The van der Waals surface area contributed by atoms with Crippen molar-refractivity contribution in [3.8, 4) is 11.8 Å². The molecule has 2 aliphatic rings.